The van der Waals surface area contributed by atoms with Crippen LogP contribution in [0, 0.1) is 16.7 Å². The standard InChI is InChI=1S/C22H26O6/c1-12(25-4)22(24)18-15(27-18)9-17-20(2)10-16(13-6-8-26-11-13)28-19(23)14(20)5-7-21(17,22)3/h5-6,8,11,15-18,24H,1,7,9-10H2,2-4H3/t15-,16+,17+,18-,20-,21-,22-/m0/s1. The van der Waals surface area contributed by atoms with Crippen LogP contribution in [0.2, 0.25) is 0 Å². The van der Waals surface area contributed by atoms with Crippen LogP contribution in [0.4, 0.5) is 0 Å². The SMILES string of the molecule is C=C(OC)[C@]1(O)[C@H]2O[C@H]2C[C@@H]2[C@@]3(C)C[C@H](c4ccoc4)OC(=O)C3=CC[C@@]21C. The van der Waals surface area contributed by atoms with Crippen molar-refractivity contribution >= 4 is 5.97 Å². The van der Waals surface area contributed by atoms with Crippen molar-refractivity contribution in [1.82, 2.24) is 0 Å². The summed E-state index contributed by atoms with van der Waals surface area (Å²) in [5, 5.41) is 11.8. The van der Waals surface area contributed by atoms with Gasteiger partial charge < -0.3 is 23.7 Å². The molecule has 0 unspecified atom stereocenters. The molecule has 6 nitrogen and oxygen atoms in total. The van der Waals surface area contributed by atoms with Crippen LogP contribution in [0.5, 0.6) is 0 Å². The van der Waals surface area contributed by atoms with Gasteiger partial charge in [0.25, 0.3) is 0 Å². The predicted molar refractivity (Wildman–Crippen MR) is 98.9 cm³/mol. The number of hydrogen-bond donors (Lipinski definition) is 1. The van der Waals surface area contributed by atoms with E-state index in [9.17, 15) is 9.90 Å². The molecule has 1 saturated carbocycles. The molecule has 6 heteroatoms. The lowest BCUT2D eigenvalue weighted by atomic mass is 9.45. The Morgan fingerprint density at radius 1 is 1.39 bits per heavy atom. The van der Waals surface area contributed by atoms with Gasteiger partial charge in [-0.05, 0) is 31.2 Å². The largest absolute Gasteiger partial charge is 0.499 e. The summed E-state index contributed by atoms with van der Waals surface area (Å²) in [6.45, 7) is 8.19. The van der Waals surface area contributed by atoms with Gasteiger partial charge in [0, 0.05) is 22.0 Å². The molecule has 28 heavy (non-hydrogen) atoms. The van der Waals surface area contributed by atoms with Gasteiger partial charge in [-0.3, -0.25) is 0 Å². The Labute approximate surface area is 164 Å². The first kappa shape index (κ1) is 18.0. The summed E-state index contributed by atoms with van der Waals surface area (Å²) >= 11 is 0. The van der Waals surface area contributed by atoms with Gasteiger partial charge in [-0.1, -0.05) is 26.5 Å². The number of hydrogen-bond acceptors (Lipinski definition) is 6. The number of aliphatic hydroxyl groups is 1. The summed E-state index contributed by atoms with van der Waals surface area (Å²) in [6, 6.07) is 1.84. The lowest BCUT2D eigenvalue weighted by molar-refractivity contribution is -0.178. The third kappa shape index (κ3) is 2.02. The van der Waals surface area contributed by atoms with Crippen molar-refractivity contribution in [1.29, 1.82) is 0 Å². The van der Waals surface area contributed by atoms with E-state index in [0.717, 1.165) is 12.0 Å². The second kappa shape index (κ2) is 5.51. The van der Waals surface area contributed by atoms with Crippen LogP contribution in [-0.2, 0) is 19.0 Å². The van der Waals surface area contributed by atoms with Crippen LogP contribution in [0.25, 0.3) is 0 Å². The molecule has 0 aromatic carbocycles. The quantitative estimate of drug-likeness (QED) is 0.488. The first-order valence-electron chi connectivity index (χ1n) is 9.80. The Kier molecular flexibility index (Phi) is 3.55. The Balaban J connectivity index is 1.61. The Hall–Kier alpha value is -2.05. The van der Waals surface area contributed by atoms with Crippen molar-refractivity contribution < 1.29 is 28.5 Å². The molecule has 1 aromatic rings. The van der Waals surface area contributed by atoms with E-state index >= 15 is 0 Å². The number of rotatable bonds is 3. The number of ether oxygens (including phenoxy) is 3. The van der Waals surface area contributed by atoms with E-state index in [1.54, 1.807) is 12.5 Å². The molecule has 7 atom stereocenters. The molecule has 2 saturated heterocycles. The molecule has 0 radical (unpaired) electrons. The van der Waals surface area contributed by atoms with Crippen molar-refractivity contribution in [2.45, 2.75) is 57.0 Å². The van der Waals surface area contributed by atoms with Crippen molar-refractivity contribution in [3.05, 3.63) is 48.1 Å². The number of esters is 1. The molecule has 0 amide bonds. The average Bonchev–Trinajstić information content (AvgIpc) is 3.24. The summed E-state index contributed by atoms with van der Waals surface area (Å²) < 4.78 is 22.2. The summed E-state index contributed by atoms with van der Waals surface area (Å²) in [6.07, 6.45) is 6.41. The zero-order valence-corrected chi connectivity index (χ0v) is 16.4. The highest BCUT2D eigenvalue weighted by Crippen LogP contribution is 2.69. The van der Waals surface area contributed by atoms with Gasteiger partial charge in [0.1, 0.15) is 18.0 Å². The fraction of sp³-hybridized carbons (Fsp3) is 0.591. The normalized spacial score (nSPS) is 46.4. The van der Waals surface area contributed by atoms with E-state index in [2.05, 4.69) is 20.4 Å². The second-order valence-corrected chi connectivity index (χ2v) is 9.09. The third-order valence-corrected chi connectivity index (χ3v) is 7.88. The molecule has 4 aliphatic rings. The number of epoxide rings is 1. The fourth-order valence-corrected chi connectivity index (χ4v) is 6.23. The first-order chi connectivity index (χ1) is 13.3. The highest BCUT2D eigenvalue weighted by molar-refractivity contribution is 5.91. The lowest BCUT2D eigenvalue weighted by Gasteiger charge is -2.60. The van der Waals surface area contributed by atoms with Gasteiger partial charge >= 0.3 is 5.97 Å². The van der Waals surface area contributed by atoms with Gasteiger partial charge in [0.2, 0.25) is 0 Å². The molecule has 3 fully saturated rings. The third-order valence-electron chi connectivity index (χ3n) is 7.88. The van der Waals surface area contributed by atoms with Crippen LogP contribution in [0.15, 0.2) is 47.0 Å². The van der Waals surface area contributed by atoms with Crippen molar-refractivity contribution in [3.8, 4) is 0 Å². The highest BCUT2D eigenvalue weighted by atomic mass is 16.6. The lowest BCUT2D eigenvalue weighted by Crippen LogP contribution is -2.64. The topological polar surface area (TPSA) is 81.4 Å². The molecule has 2 aliphatic carbocycles. The van der Waals surface area contributed by atoms with Crippen molar-refractivity contribution in [2.75, 3.05) is 7.11 Å². The minimum atomic E-state index is -1.30. The maximum Gasteiger partial charge on any atom is 0.334 e. The van der Waals surface area contributed by atoms with E-state index in [0.29, 0.717) is 24.2 Å². The van der Waals surface area contributed by atoms with Gasteiger partial charge in [0.05, 0.1) is 25.7 Å². The van der Waals surface area contributed by atoms with Crippen LogP contribution in [0.1, 0.15) is 44.8 Å². The minimum Gasteiger partial charge on any atom is -0.499 e. The van der Waals surface area contributed by atoms with Crippen LogP contribution >= 0.6 is 0 Å². The second-order valence-electron chi connectivity index (χ2n) is 9.09. The van der Waals surface area contributed by atoms with E-state index < -0.39 is 16.4 Å². The zero-order chi connectivity index (χ0) is 19.9. The van der Waals surface area contributed by atoms with E-state index in [1.807, 2.05) is 12.1 Å². The monoisotopic (exact) mass is 386 g/mol. The Morgan fingerprint density at radius 2 is 2.18 bits per heavy atom. The van der Waals surface area contributed by atoms with E-state index in [1.165, 1.54) is 7.11 Å². The van der Waals surface area contributed by atoms with Crippen LogP contribution in [0.3, 0.4) is 0 Å². The van der Waals surface area contributed by atoms with Crippen LogP contribution < -0.4 is 0 Å². The van der Waals surface area contributed by atoms with Crippen molar-refractivity contribution in [2.24, 2.45) is 16.7 Å². The highest BCUT2D eigenvalue weighted by Gasteiger charge is 2.74. The first-order valence-corrected chi connectivity index (χ1v) is 9.80. The maximum absolute atomic E-state index is 12.9. The van der Waals surface area contributed by atoms with E-state index in [4.69, 9.17) is 18.6 Å². The molecule has 5 rings (SSSR count). The number of methoxy groups -OCH3 is 1. The van der Waals surface area contributed by atoms with Gasteiger partial charge in [-0.15, -0.1) is 0 Å². The molecule has 150 valence electrons. The molecule has 0 bridgehead atoms. The fourth-order valence-electron chi connectivity index (χ4n) is 6.23. The van der Waals surface area contributed by atoms with Gasteiger partial charge in [0.15, 0.2) is 5.60 Å². The number of furan rings is 1. The van der Waals surface area contributed by atoms with Gasteiger partial charge in [-0.25, -0.2) is 4.79 Å². The Morgan fingerprint density at radius 3 is 2.86 bits per heavy atom. The van der Waals surface area contributed by atoms with Crippen LogP contribution in [-0.4, -0.2) is 36.0 Å². The molecule has 0 spiro atoms. The summed E-state index contributed by atoms with van der Waals surface area (Å²) in [5.41, 5.74) is -0.752. The average molecular weight is 386 g/mol. The minimum absolute atomic E-state index is 0.0166. The smallest absolute Gasteiger partial charge is 0.334 e. The zero-order valence-electron chi connectivity index (χ0n) is 16.4. The number of carbonyl (C=O) groups excluding carboxylic acids is 1. The summed E-state index contributed by atoms with van der Waals surface area (Å²) in [7, 11) is 1.53. The number of carbonyl (C=O) groups is 1. The number of cyclic esters (lactones) is 1. The Bertz CT molecular complexity index is 872. The van der Waals surface area contributed by atoms with Crippen molar-refractivity contribution in [3.63, 3.8) is 0 Å². The number of allylic oxidation sites excluding steroid dienone is 1. The molecule has 1 N–H and O–H groups in total. The van der Waals surface area contributed by atoms with E-state index in [-0.39, 0.29) is 30.2 Å². The molecular weight excluding hydrogens is 360 g/mol. The summed E-state index contributed by atoms with van der Waals surface area (Å²) in [4.78, 5) is 12.9. The predicted octanol–water partition coefficient (Wildman–Crippen LogP) is 3.29. The molecular formula is C22H26O6. The molecule has 3 heterocycles. The summed E-state index contributed by atoms with van der Waals surface area (Å²) in [5.74, 6) is 0.0651. The molecule has 1 aromatic heterocycles. The molecule has 2 aliphatic heterocycles. The number of fused-ring (bicyclic) bond motifs is 4. The maximum atomic E-state index is 12.9. The van der Waals surface area contributed by atoms with Gasteiger partial charge in [-0.2, -0.15) is 0 Å².